The molecule has 6 heteroatoms. The molecule has 1 aliphatic rings. The highest BCUT2D eigenvalue weighted by Crippen LogP contribution is 2.47. The van der Waals surface area contributed by atoms with E-state index in [1.165, 1.54) is 31.3 Å². The summed E-state index contributed by atoms with van der Waals surface area (Å²) >= 11 is 1.83. The molecule has 0 unspecified atom stereocenters. The Morgan fingerprint density at radius 1 is 0.596 bits per heavy atom. The van der Waals surface area contributed by atoms with Crippen LogP contribution in [0.5, 0.6) is 0 Å². The second-order valence-electron chi connectivity index (χ2n) is 12.2. The minimum Gasteiger partial charge on any atom is -0.294 e. The summed E-state index contributed by atoms with van der Waals surface area (Å²) in [5, 5.41) is 7.16. The lowest BCUT2D eigenvalue weighted by molar-refractivity contribution is 0.594. The minimum atomic E-state index is -3.72. The Balaban J connectivity index is 1.27. The molecule has 0 atom stereocenters. The quantitative estimate of drug-likeness (QED) is 0.180. The molecule has 0 N–H and O–H groups in total. The number of nitrogens with zero attached hydrogens (tertiary/aromatic N) is 2. The molecule has 0 spiro atoms. The van der Waals surface area contributed by atoms with E-state index in [4.69, 9.17) is 4.98 Å². The molecule has 0 radical (unpaired) electrons. The summed E-state index contributed by atoms with van der Waals surface area (Å²) in [5.74, 6) is 0.849. The first-order valence-corrected chi connectivity index (χ1v) is 18.1. The number of hydrogen-bond acceptors (Lipinski definition) is 4. The Kier molecular flexibility index (Phi) is 5.49. The molecule has 3 heterocycles. The fourth-order valence-corrected chi connectivity index (χ4v) is 10.4. The Morgan fingerprint density at radius 2 is 1.19 bits per heavy atom. The number of fused-ring (bicyclic) bond motifs is 7. The molecule has 0 saturated heterocycles. The summed E-state index contributed by atoms with van der Waals surface area (Å²) < 4.78 is 32.6. The maximum atomic E-state index is 14.0. The number of aryl methyl sites for hydroxylation is 1. The molecule has 4 nitrogen and oxygen atoms in total. The van der Waals surface area contributed by atoms with Gasteiger partial charge in [0.15, 0.2) is 0 Å². The van der Waals surface area contributed by atoms with Crippen LogP contribution in [0.1, 0.15) is 12.7 Å². The molecule has 0 amide bonds. The first-order valence-electron chi connectivity index (χ1n) is 15.8. The summed E-state index contributed by atoms with van der Waals surface area (Å²) in [6, 6.07) is 43.9. The lowest BCUT2D eigenvalue weighted by atomic mass is 9.86. The molecular formula is C41H26N2O2S2. The maximum absolute atomic E-state index is 14.0. The summed E-state index contributed by atoms with van der Waals surface area (Å²) in [4.78, 5) is 5.48. The number of imidazole rings is 1. The van der Waals surface area contributed by atoms with Crippen molar-refractivity contribution >= 4 is 73.9 Å². The van der Waals surface area contributed by atoms with E-state index in [2.05, 4.69) is 109 Å². The molecule has 10 rings (SSSR count). The van der Waals surface area contributed by atoms with Crippen LogP contribution in [0.4, 0.5) is 0 Å². The van der Waals surface area contributed by atoms with Crippen molar-refractivity contribution in [1.82, 2.24) is 9.55 Å². The Hall–Kier alpha value is -5.30. The average Bonchev–Trinajstić information content (AvgIpc) is 3.68. The van der Waals surface area contributed by atoms with Crippen LogP contribution in [-0.2, 0) is 16.3 Å². The summed E-state index contributed by atoms with van der Waals surface area (Å²) in [6.07, 6.45) is 0.683. The molecule has 9 aromatic rings. The smallest absolute Gasteiger partial charge is 0.210 e. The average molecular weight is 643 g/mol. The molecule has 47 heavy (non-hydrogen) atoms. The van der Waals surface area contributed by atoms with E-state index in [-0.39, 0.29) is 0 Å². The van der Waals surface area contributed by atoms with Gasteiger partial charge in [-0.3, -0.25) is 4.57 Å². The number of sulfone groups is 1. The normalized spacial score (nSPS) is 13.6. The first-order chi connectivity index (χ1) is 23.0. The van der Waals surface area contributed by atoms with Gasteiger partial charge in [-0.05, 0) is 80.2 Å². The zero-order valence-electron chi connectivity index (χ0n) is 25.4. The maximum Gasteiger partial charge on any atom is 0.210 e. The predicted octanol–water partition coefficient (Wildman–Crippen LogP) is 10.7. The first kappa shape index (κ1) is 26.9. The number of benzene rings is 7. The van der Waals surface area contributed by atoms with Crippen LogP contribution in [-0.4, -0.2) is 18.0 Å². The third-order valence-corrected chi connectivity index (χ3v) is 12.7. The van der Waals surface area contributed by atoms with Gasteiger partial charge in [0.2, 0.25) is 9.84 Å². The predicted molar refractivity (Wildman–Crippen MR) is 195 cm³/mol. The van der Waals surface area contributed by atoms with Crippen molar-refractivity contribution in [1.29, 1.82) is 0 Å². The molecule has 0 saturated carbocycles. The van der Waals surface area contributed by atoms with Crippen LogP contribution in [0.15, 0.2) is 137 Å². The van der Waals surface area contributed by atoms with Gasteiger partial charge in [-0.15, -0.1) is 11.3 Å². The van der Waals surface area contributed by atoms with E-state index < -0.39 is 9.84 Å². The van der Waals surface area contributed by atoms with Crippen molar-refractivity contribution in [2.75, 3.05) is 0 Å². The molecule has 0 bridgehead atoms. The molecule has 224 valence electrons. The third kappa shape index (κ3) is 3.62. The largest absolute Gasteiger partial charge is 0.294 e. The zero-order valence-corrected chi connectivity index (χ0v) is 27.0. The van der Waals surface area contributed by atoms with Crippen LogP contribution in [0, 0.1) is 0 Å². The van der Waals surface area contributed by atoms with Gasteiger partial charge in [-0.2, -0.15) is 0 Å². The second kappa shape index (κ2) is 9.61. The summed E-state index contributed by atoms with van der Waals surface area (Å²) in [6.45, 7) is 2.06. The highest BCUT2D eigenvalue weighted by Gasteiger charge is 2.33. The summed E-state index contributed by atoms with van der Waals surface area (Å²) in [7, 11) is -3.72. The van der Waals surface area contributed by atoms with Crippen molar-refractivity contribution < 1.29 is 8.42 Å². The monoisotopic (exact) mass is 642 g/mol. The van der Waals surface area contributed by atoms with Gasteiger partial charge in [-0.25, -0.2) is 13.4 Å². The third-order valence-electron chi connectivity index (χ3n) is 9.69. The number of thiophene rings is 1. The lowest BCUT2D eigenvalue weighted by Crippen LogP contribution is -2.16. The minimum absolute atomic E-state index is 0.316. The van der Waals surface area contributed by atoms with Gasteiger partial charge in [-0.1, -0.05) is 97.9 Å². The van der Waals surface area contributed by atoms with E-state index in [1.54, 1.807) is 18.2 Å². The van der Waals surface area contributed by atoms with E-state index in [1.807, 2.05) is 23.5 Å². The molecule has 0 aliphatic carbocycles. The SMILES string of the molecule is CCc1nc2cccc3c2n1-c1cc(-c2c4ccccc4c(-c4ccc5c(c4)sc4ccccc45)c4ccccc24)ccc1S3(=O)=O. The van der Waals surface area contributed by atoms with Crippen LogP contribution in [0.3, 0.4) is 0 Å². The van der Waals surface area contributed by atoms with Crippen molar-refractivity contribution in [2.24, 2.45) is 0 Å². The number of aromatic nitrogens is 2. The lowest BCUT2D eigenvalue weighted by Gasteiger charge is -2.23. The van der Waals surface area contributed by atoms with E-state index in [0.29, 0.717) is 32.9 Å². The zero-order chi connectivity index (χ0) is 31.4. The standard InChI is InChI=1S/C41H26N2O2S2/c1-2-38-42-32-15-9-17-37-41(32)43(38)33-22-24(19-21-36(33)47(37,44)45)39-28-11-3-5-13-30(28)40(31-14-6-4-12-29(31)39)25-18-20-27-26-10-7-8-16-34(26)46-35(27)23-25/h3-23H,2H2,1H3. The van der Waals surface area contributed by atoms with Crippen molar-refractivity contribution in [2.45, 2.75) is 23.1 Å². The van der Waals surface area contributed by atoms with E-state index >= 15 is 0 Å². The Labute approximate surface area is 275 Å². The number of para-hydroxylation sites is 1. The molecule has 0 fully saturated rings. The molecule has 1 aliphatic heterocycles. The van der Waals surface area contributed by atoms with Crippen LogP contribution < -0.4 is 0 Å². The molecular weight excluding hydrogens is 617 g/mol. The van der Waals surface area contributed by atoms with E-state index in [0.717, 1.165) is 38.5 Å². The van der Waals surface area contributed by atoms with Gasteiger partial charge in [0.1, 0.15) is 5.82 Å². The van der Waals surface area contributed by atoms with Gasteiger partial charge in [0.25, 0.3) is 0 Å². The Bertz CT molecular complexity index is 2860. The second-order valence-corrected chi connectivity index (χ2v) is 15.1. The van der Waals surface area contributed by atoms with Crippen LogP contribution in [0.2, 0.25) is 0 Å². The van der Waals surface area contributed by atoms with Gasteiger partial charge >= 0.3 is 0 Å². The Morgan fingerprint density at radius 3 is 1.87 bits per heavy atom. The molecule has 2 aromatic heterocycles. The molecule has 7 aromatic carbocycles. The topological polar surface area (TPSA) is 52.0 Å². The number of hydrogen-bond donors (Lipinski definition) is 0. The highest BCUT2D eigenvalue weighted by molar-refractivity contribution is 7.92. The van der Waals surface area contributed by atoms with E-state index in [9.17, 15) is 8.42 Å². The fourth-order valence-electron chi connectivity index (χ4n) is 7.68. The number of rotatable bonds is 3. The van der Waals surface area contributed by atoms with Crippen molar-refractivity contribution in [3.05, 3.63) is 133 Å². The fraction of sp³-hybridized carbons (Fsp3) is 0.0488. The van der Waals surface area contributed by atoms with Gasteiger partial charge < -0.3 is 0 Å². The summed E-state index contributed by atoms with van der Waals surface area (Å²) in [5.41, 5.74) is 6.49. The van der Waals surface area contributed by atoms with Gasteiger partial charge in [0.05, 0.1) is 26.5 Å². The van der Waals surface area contributed by atoms with Crippen LogP contribution in [0.25, 0.3) is 80.7 Å². The van der Waals surface area contributed by atoms with Crippen molar-refractivity contribution in [3.8, 4) is 27.9 Å². The van der Waals surface area contributed by atoms with Gasteiger partial charge in [0, 0.05) is 26.6 Å². The highest BCUT2D eigenvalue weighted by atomic mass is 32.2. The van der Waals surface area contributed by atoms with Crippen LogP contribution >= 0.6 is 11.3 Å². The van der Waals surface area contributed by atoms with Crippen molar-refractivity contribution in [3.63, 3.8) is 0 Å².